The lowest BCUT2D eigenvalue weighted by Gasteiger charge is -2.09. The van der Waals surface area contributed by atoms with Gasteiger partial charge in [-0.1, -0.05) is 19.8 Å². The SMILES string of the molecule is CCCCCNc1cc(C(=O)Nc2ccc(C(=O)OCC)cc2)nc(C)n1. The van der Waals surface area contributed by atoms with Crippen molar-refractivity contribution in [1.29, 1.82) is 0 Å². The monoisotopic (exact) mass is 370 g/mol. The molecule has 0 atom stereocenters. The van der Waals surface area contributed by atoms with Crippen molar-refractivity contribution in [3.63, 3.8) is 0 Å². The van der Waals surface area contributed by atoms with Crippen LogP contribution in [0, 0.1) is 6.92 Å². The van der Waals surface area contributed by atoms with Crippen LogP contribution in [0.25, 0.3) is 0 Å². The van der Waals surface area contributed by atoms with Gasteiger partial charge in [-0.2, -0.15) is 0 Å². The maximum absolute atomic E-state index is 12.5. The number of amides is 1. The van der Waals surface area contributed by atoms with E-state index >= 15 is 0 Å². The average molecular weight is 370 g/mol. The smallest absolute Gasteiger partial charge is 0.338 e. The summed E-state index contributed by atoms with van der Waals surface area (Å²) in [5.74, 6) is 0.446. The number of aryl methyl sites for hydroxylation is 1. The Morgan fingerprint density at radius 1 is 1.07 bits per heavy atom. The summed E-state index contributed by atoms with van der Waals surface area (Å²) < 4.78 is 4.94. The van der Waals surface area contributed by atoms with Gasteiger partial charge in [-0.05, 0) is 44.5 Å². The fraction of sp³-hybridized carbons (Fsp3) is 0.400. The molecule has 0 saturated heterocycles. The van der Waals surface area contributed by atoms with Crippen LogP contribution >= 0.6 is 0 Å². The van der Waals surface area contributed by atoms with Crippen LogP contribution in [0.3, 0.4) is 0 Å². The van der Waals surface area contributed by atoms with Crippen molar-refractivity contribution in [1.82, 2.24) is 9.97 Å². The molecule has 1 aromatic heterocycles. The predicted molar refractivity (Wildman–Crippen MR) is 105 cm³/mol. The quantitative estimate of drug-likeness (QED) is 0.515. The van der Waals surface area contributed by atoms with Crippen molar-refractivity contribution < 1.29 is 14.3 Å². The van der Waals surface area contributed by atoms with Gasteiger partial charge in [-0.3, -0.25) is 4.79 Å². The maximum Gasteiger partial charge on any atom is 0.338 e. The number of carbonyl (C=O) groups excluding carboxylic acids is 2. The second-order valence-electron chi connectivity index (χ2n) is 6.07. The molecule has 2 N–H and O–H groups in total. The Bertz CT molecular complexity index is 775. The second kappa shape index (κ2) is 10.3. The maximum atomic E-state index is 12.5. The molecule has 0 aliphatic carbocycles. The minimum Gasteiger partial charge on any atom is -0.462 e. The van der Waals surface area contributed by atoms with Crippen LogP contribution in [0.4, 0.5) is 11.5 Å². The first kappa shape index (κ1) is 20.4. The number of nitrogens with one attached hydrogen (secondary N) is 2. The average Bonchev–Trinajstić information content (AvgIpc) is 2.65. The lowest BCUT2D eigenvalue weighted by atomic mass is 10.2. The Morgan fingerprint density at radius 2 is 1.81 bits per heavy atom. The Hall–Kier alpha value is -2.96. The molecule has 2 aromatic rings. The number of carbonyl (C=O) groups is 2. The number of rotatable bonds is 9. The summed E-state index contributed by atoms with van der Waals surface area (Å²) in [6, 6.07) is 8.17. The molecule has 0 unspecified atom stereocenters. The predicted octanol–water partition coefficient (Wildman–Crippen LogP) is 3.82. The van der Waals surface area contributed by atoms with Crippen LogP contribution < -0.4 is 10.6 Å². The van der Waals surface area contributed by atoms with Gasteiger partial charge in [-0.15, -0.1) is 0 Å². The number of esters is 1. The van der Waals surface area contributed by atoms with Gasteiger partial charge >= 0.3 is 5.97 Å². The Kier molecular flexibility index (Phi) is 7.73. The fourth-order valence-corrected chi connectivity index (χ4v) is 2.47. The highest BCUT2D eigenvalue weighted by Crippen LogP contribution is 2.13. The lowest BCUT2D eigenvalue weighted by molar-refractivity contribution is 0.0526. The molecule has 2 rings (SSSR count). The zero-order chi connectivity index (χ0) is 19.6. The highest BCUT2D eigenvalue weighted by Gasteiger charge is 2.12. The third-order valence-electron chi connectivity index (χ3n) is 3.81. The van der Waals surface area contributed by atoms with Gasteiger partial charge in [0.05, 0.1) is 12.2 Å². The zero-order valence-electron chi connectivity index (χ0n) is 16.0. The van der Waals surface area contributed by atoms with Gasteiger partial charge in [0.2, 0.25) is 0 Å². The Labute approximate surface area is 159 Å². The summed E-state index contributed by atoms with van der Waals surface area (Å²) >= 11 is 0. The van der Waals surface area contributed by atoms with E-state index in [2.05, 4.69) is 27.5 Å². The first-order valence-corrected chi connectivity index (χ1v) is 9.21. The molecule has 0 saturated carbocycles. The second-order valence-corrected chi connectivity index (χ2v) is 6.07. The molecule has 7 nitrogen and oxygen atoms in total. The first-order chi connectivity index (χ1) is 13.0. The molecular formula is C20H26N4O3. The van der Waals surface area contributed by atoms with E-state index in [0.29, 0.717) is 29.5 Å². The summed E-state index contributed by atoms with van der Waals surface area (Å²) in [4.78, 5) is 32.7. The standard InChI is InChI=1S/C20H26N4O3/c1-4-6-7-12-21-18-13-17(22-14(3)23-18)19(25)24-16-10-8-15(9-11-16)20(26)27-5-2/h8-11,13H,4-7,12H2,1-3H3,(H,24,25)(H,21,22,23). The van der Waals surface area contributed by atoms with Crippen molar-refractivity contribution in [2.45, 2.75) is 40.0 Å². The van der Waals surface area contributed by atoms with Crippen LogP contribution in [0.5, 0.6) is 0 Å². The minimum atomic E-state index is -0.388. The van der Waals surface area contributed by atoms with Gasteiger partial charge in [0.25, 0.3) is 5.91 Å². The number of benzene rings is 1. The van der Waals surface area contributed by atoms with E-state index in [0.717, 1.165) is 25.8 Å². The number of anilines is 2. The van der Waals surface area contributed by atoms with Crippen LogP contribution in [0.1, 0.15) is 59.8 Å². The van der Waals surface area contributed by atoms with E-state index in [1.165, 1.54) is 0 Å². The summed E-state index contributed by atoms with van der Waals surface area (Å²) in [5.41, 5.74) is 1.29. The Balaban J connectivity index is 2.02. The number of hydrogen-bond donors (Lipinski definition) is 2. The summed E-state index contributed by atoms with van der Waals surface area (Å²) in [7, 11) is 0. The van der Waals surface area contributed by atoms with Crippen molar-refractivity contribution >= 4 is 23.4 Å². The Morgan fingerprint density at radius 3 is 2.48 bits per heavy atom. The molecule has 1 amide bonds. The van der Waals surface area contributed by atoms with Gasteiger partial charge in [0.15, 0.2) is 0 Å². The van der Waals surface area contributed by atoms with Gasteiger partial charge in [0.1, 0.15) is 17.3 Å². The topological polar surface area (TPSA) is 93.2 Å². The van der Waals surface area contributed by atoms with Crippen LogP contribution in [-0.2, 0) is 4.74 Å². The first-order valence-electron chi connectivity index (χ1n) is 9.21. The highest BCUT2D eigenvalue weighted by molar-refractivity contribution is 6.03. The van der Waals surface area contributed by atoms with Crippen LogP contribution in [0.2, 0.25) is 0 Å². The molecule has 0 spiro atoms. The van der Waals surface area contributed by atoms with E-state index in [1.54, 1.807) is 44.2 Å². The van der Waals surface area contributed by atoms with Gasteiger partial charge in [0, 0.05) is 18.3 Å². The lowest BCUT2D eigenvalue weighted by Crippen LogP contribution is -2.16. The molecule has 7 heteroatoms. The third kappa shape index (κ3) is 6.36. The van der Waals surface area contributed by atoms with E-state index < -0.39 is 0 Å². The van der Waals surface area contributed by atoms with E-state index in [9.17, 15) is 9.59 Å². The van der Waals surface area contributed by atoms with Gasteiger partial charge in [-0.25, -0.2) is 14.8 Å². The number of aromatic nitrogens is 2. The van der Waals surface area contributed by atoms with Gasteiger partial charge < -0.3 is 15.4 Å². The highest BCUT2D eigenvalue weighted by atomic mass is 16.5. The van der Waals surface area contributed by atoms with Crippen molar-refractivity contribution in [3.05, 3.63) is 47.4 Å². The molecule has 144 valence electrons. The van der Waals surface area contributed by atoms with E-state index in [4.69, 9.17) is 4.74 Å². The molecule has 0 radical (unpaired) electrons. The summed E-state index contributed by atoms with van der Waals surface area (Å²) in [6.45, 7) is 6.78. The third-order valence-corrected chi connectivity index (χ3v) is 3.81. The summed E-state index contributed by atoms with van der Waals surface area (Å²) in [5, 5.41) is 6.01. The van der Waals surface area contributed by atoms with Crippen LogP contribution in [0.15, 0.2) is 30.3 Å². The molecule has 0 bridgehead atoms. The van der Waals surface area contributed by atoms with E-state index in [-0.39, 0.29) is 17.6 Å². The van der Waals surface area contributed by atoms with Crippen molar-refractivity contribution in [3.8, 4) is 0 Å². The molecule has 0 aliphatic heterocycles. The largest absolute Gasteiger partial charge is 0.462 e. The van der Waals surface area contributed by atoms with Crippen molar-refractivity contribution in [2.24, 2.45) is 0 Å². The summed E-state index contributed by atoms with van der Waals surface area (Å²) in [6.07, 6.45) is 3.34. The molecule has 1 heterocycles. The normalized spacial score (nSPS) is 10.3. The fourth-order valence-electron chi connectivity index (χ4n) is 2.47. The molecule has 0 aliphatic rings. The number of unbranched alkanes of at least 4 members (excludes halogenated alkanes) is 2. The molecule has 0 fully saturated rings. The zero-order valence-corrected chi connectivity index (χ0v) is 16.0. The molecule has 27 heavy (non-hydrogen) atoms. The number of ether oxygens (including phenoxy) is 1. The minimum absolute atomic E-state index is 0.287. The van der Waals surface area contributed by atoms with E-state index in [1.807, 2.05) is 0 Å². The van der Waals surface area contributed by atoms with Crippen LogP contribution in [-0.4, -0.2) is 35.0 Å². The molecule has 1 aromatic carbocycles. The number of hydrogen-bond acceptors (Lipinski definition) is 6. The number of nitrogens with zero attached hydrogens (tertiary/aromatic N) is 2. The molecular weight excluding hydrogens is 344 g/mol. The van der Waals surface area contributed by atoms with Crippen molar-refractivity contribution in [2.75, 3.05) is 23.8 Å².